The Morgan fingerprint density at radius 1 is 1.02 bits per heavy atom. The number of nitrogens with zero attached hydrogens (tertiary/aromatic N) is 3. The number of alkyl halides is 2. The number of amides is 1. The first-order valence-corrected chi connectivity index (χ1v) is 12.6. The number of halogens is 2. The maximum absolute atomic E-state index is 12.6. The number of imidazole rings is 1. The van der Waals surface area contributed by atoms with Crippen molar-refractivity contribution >= 4 is 29.0 Å². The molecule has 2 aromatic heterocycles. The fraction of sp³-hybridized carbons (Fsp3) is 0.286. The van der Waals surface area contributed by atoms with Crippen LogP contribution in [0.25, 0.3) is 16.9 Å². The van der Waals surface area contributed by atoms with E-state index < -0.39 is 12.6 Å². The van der Waals surface area contributed by atoms with Crippen LogP contribution in [0.2, 0.25) is 0 Å². The molecular weight excluding hydrogens is 540 g/mol. The van der Waals surface area contributed by atoms with E-state index in [0.717, 1.165) is 16.8 Å². The fourth-order valence-electron chi connectivity index (χ4n) is 3.93. The lowest BCUT2D eigenvalue weighted by Crippen LogP contribution is -2.28. The lowest BCUT2D eigenvalue weighted by atomic mass is 10.1. The zero-order valence-corrected chi connectivity index (χ0v) is 22.4. The number of esters is 1. The molecule has 0 aliphatic carbocycles. The molecule has 0 aliphatic rings. The summed E-state index contributed by atoms with van der Waals surface area (Å²) < 4.78 is 46.1. The minimum absolute atomic E-state index is 0.0709. The number of anilines is 2. The quantitative estimate of drug-likeness (QED) is 0.171. The number of carbonyl (C=O) groups is 2. The highest BCUT2D eigenvalue weighted by molar-refractivity contribution is 5.96. The van der Waals surface area contributed by atoms with Crippen molar-refractivity contribution < 1.29 is 37.3 Å². The second-order valence-electron chi connectivity index (χ2n) is 8.67. The number of methoxy groups -OCH3 is 1. The smallest absolute Gasteiger partial charge is 0.387 e. The lowest BCUT2D eigenvalue weighted by Gasteiger charge is -2.12. The van der Waals surface area contributed by atoms with Crippen LogP contribution in [0.5, 0.6) is 5.75 Å². The van der Waals surface area contributed by atoms with Gasteiger partial charge in [0.05, 0.1) is 38.8 Å². The minimum Gasteiger partial charge on any atom is -0.467 e. The Bertz CT molecular complexity index is 1480. The highest BCUT2D eigenvalue weighted by Crippen LogP contribution is 2.27. The highest BCUT2D eigenvalue weighted by atomic mass is 19.3. The first kappa shape index (κ1) is 29.4. The van der Waals surface area contributed by atoms with Gasteiger partial charge in [0.15, 0.2) is 11.5 Å². The molecule has 4 aromatic rings. The predicted molar refractivity (Wildman–Crippen MR) is 146 cm³/mol. The van der Waals surface area contributed by atoms with E-state index in [0.29, 0.717) is 35.9 Å². The van der Waals surface area contributed by atoms with E-state index in [1.54, 1.807) is 42.9 Å². The van der Waals surface area contributed by atoms with Crippen molar-refractivity contribution in [2.45, 2.75) is 13.5 Å². The summed E-state index contributed by atoms with van der Waals surface area (Å²) in [5, 5.41) is 6.06. The normalized spacial score (nSPS) is 11.0. The van der Waals surface area contributed by atoms with Gasteiger partial charge in [-0.15, -0.1) is 0 Å². The van der Waals surface area contributed by atoms with Crippen molar-refractivity contribution in [2.75, 3.05) is 45.4 Å². The molecule has 1 amide bonds. The van der Waals surface area contributed by atoms with Gasteiger partial charge in [0.1, 0.15) is 12.4 Å². The van der Waals surface area contributed by atoms with Gasteiger partial charge < -0.3 is 29.6 Å². The molecule has 0 bridgehead atoms. The molecule has 2 N–H and O–H groups in total. The van der Waals surface area contributed by atoms with E-state index in [1.165, 1.54) is 19.2 Å². The maximum atomic E-state index is 12.6. The van der Waals surface area contributed by atoms with Gasteiger partial charge in [-0.05, 0) is 55.0 Å². The number of nitrogens with one attached hydrogen (secondary N) is 2. The third-order valence-corrected chi connectivity index (χ3v) is 5.89. The van der Waals surface area contributed by atoms with Gasteiger partial charge >= 0.3 is 12.6 Å². The number of hydrogen-bond donors (Lipinski definition) is 2. The molecule has 13 heteroatoms. The average molecular weight is 570 g/mol. The van der Waals surface area contributed by atoms with Crippen molar-refractivity contribution in [2.24, 2.45) is 0 Å². The molecule has 11 nitrogen and oxygen atoms in total. The van der Waals surface area contributed by atoms with Gasteiger partial charge in [-0.3, -0.25) is 9.20 Å². The summed E-state index contributed by atoms with van der Waals surface area (Å²) in [5.41, 5.74) is 4.06. The van der Waals surface area contributed by atoms with E-state index >= 15 is 0 Å². The Hall–Kier alpha value is -4.62. The minimum atomic E-state index is -2.89. The third kappa shape index (κ3) is 7.96. The largest absolute Gasteiger partial charge is 0.467 e. The number of hydrogen-bond acceptors (Lipinski definition) is 9. The Morgan fingerprint density at radius 2 is 1.80 bits per heavy atom. The molecule has 0 radical (unpaired) electrons. The predicted octanol–water partition coefficient (Wildman–Crippen LogP) is 3.99. The molecule has 0 saturated heterocycles. The SMILES string of the molecule is COC(=O)COCCOCCNC(=O)c1ccc(Nc2nccn3c(-c4ccc(OC(F)F)cc4)cnc23)cc1C. The monoisotopic (exact) mass is 569 g/mol. The van der Waals surface area contributed by atoms with Crippen LogP contribution in [0.15, 0.2) is 61.1 Å². The summed E-state index contributed by atoms with van der Waals surface area (Å²) in [6.07, 6.45) is 5.05. The van der Waals surface area contributed by atoms with Crippen molar-refractivity contribution in [3.05, 3.63) is 72.2 Å². The molecule has 0 saturated carbocycles. The van der Waals surface area contributed by atoms with E-state index in [4.69, 9.17) is 9.47 Å². The van der Waals surface area contributed by atoms with Crippen LogP contribution in [-0.4, -0.2) is 72.9 Å². The number of aromatic nitrogens is 3. The number of carbonyl (C=O) groups excluding carboxylic acids is 2. The number of benzene rings is 2. The molecule has 2 aromatic carbocycles. The molecule has 0 spiro atoms. The van der Waals surface area contributed by atoms with Gasteiger partial charge in [-0.1, -0.05) is 0 Å². The van der Waals surface area contributed by atoms with Crippen molar-refractivity contribution in [3.63, 3.8) is 0 Å². The zero-order chi connectivity index (χ0) is 29.2. The summed E-state index contributed by atoms with van der Waals surface area (Å²) in [5.74, 6) is -0.117. The van der Waals surface area contributed by atoms with Crippen LogP contribution in [0, 0.1) is 6.92 Å². The van der Waals surface area contributed by atoms with Gasteiger partial charge in [0, 0.05) is 35.8 Å². The second kappa shape index (κ2) is 14.1. The molecule has 0 unspecified atom stereocenters. The first-order valence-electron chi connectivity index (χ1n) is 12.6. The number of fused-ring (bicyclic) bond motifs is 1. The molecule has 2 heterocycles. The van der Waals surface area contributed by atoms with Crippen molar-refractivity contribution in [3.8, 4) is 17.0 Å². The van der Waals surface area contributed by atoms with E-state index in [1.807, 2.05) is 17.4 Å². The zero-order valence-electron chi connectivity index (χ0n) is 22.4. The Kier molecular flexibility index (Phi) is 10.1. The van der Waals surface area contributed by atoms with Crippen LogP contribution < -0.4 is 15.4 Å². The van der Waals surface area contributed by atoms with Gasteiger partial charge in [-0.25, -0.2) is 14.8 Å². The second-order valence-corrected chi connectivity index (χ2v) is 8.67. The summed E-state index contributed by atoms with van der Waals surface area (Å²) in [4.78, 5) is 32.5. The molecule has 0 aliphatic heterocycles. The van der Waals surface area contributed by atoms with Gasteiger partial charge in [-0.2, -0.15) is 8.78 Å². The first-order chi connectivity index (χ1) is 19.9. The van der Waals surface area contributed by atoms with Crippen molar-refractivity contribution in [1.82, 2.24) is 19.7 Å². The summed E-state index contributed by atoms with van der Waals surface area (Å²) in [6, 6.07) is 11.6. The van der Waals surface area contributed by atoms with E-state index in [-0.39, 0.29) is 31.5 Å². The maximum Gasteiger partial charge on any atom is 0.387 e. The van der Waals surface area contributed by atoms with Gasteiger partial charge in [0.2, 0.25) is 0 Å². The standard InChI is InChI=1S/C28H29F2N5O6/c1-18-15-20(5-8-22(18)27(37)32-10-12-39-13-14-40-17-24(36)38-2)34-25-26-33-16-23(35(26)11-9-31-25)19-3-6-21(7-4-19)41-28(29)30/h3-9,11,15-16,28H,10,12-14,17H2,1-2H3,(H,31,34)(H,32,37). The number of aryl methyl sites for hydroxylation is 1. The van der Waals surface area contributed by atoms with Crippen LogP contribution in [-0.2, 0) is 19.0 Å². The van der Waals surface area contributed by atoms with Gasteiger partial charge in [0.25, 0.3) is 5.91 Å². The van der Waals surface area contributed by atoms with Crippen LogP contribution in [0.3, 0.4) is 0 Å². The third-order valence-electron chi connectivity index (χ3n) is 5.89. The summed E-state index contributed by atoms with van der Waals surface area (Å²) >= 11 is 0. The van der Waals surface area contributed by atoms with Crippen LogP contribution in [0.4, 0.5) is 20.3 Å². The molecule has 216 valence electrons. The van der Waals surface area contributed by atoms with E-state index in [2.05, 4.69) is 30.1 Å². The Labute approximate surface area is 234 Å². The van der Waals surface area contributed by atoms with Crippen LogP contribution >= 0.6 is 0 Å². The molecule has 4 rings (SSSR count). The Balaban J connectivity index is 1.33. The topological polar surface area (TPSA) is 125 Å². The van der Waals surface area contributed by atoms with Crippen LogP contribution in [0.1, 0.15) is 15.9 Å². The molecular formula is C28H29F2N5O6. The number of rotatable bonds is 14. The highest BCUT2D eigenvalue weighted by Gasteiger charge is 2.13. The van der Waals surface area contributed by atoms with E-state index in [9.17, 15) is 18.4 Å². The summed E-state index contributed by atoms with van der Waals surface area (Å²) in [7, 11) is 1.29. The number of ether oxygens (including phenoxy) is 4. The lowest BCUT2D eigenvalue weighted by molar-refractivity contribution is -0.146. The van der Waals surface area contributed by atoms with Crippen molar-refractivity contribution in [1.29, 1.82) is 0 Å². The molecule has 0 fully saturated rings. The molecule has 41 heavy (non-hydrogen) atoms. The summed E-state index contributed by atoms with van der Waals surface area (Å²) in [6.45, 7) is -0.0573. The Morgan fingerprint density at radius 3 is 2.54 bits per heavy atom. The fourth-order valence-corrected chi connectivity index (χ4v) is 3.93. The average Bonchev–Trinajstić information content (AvgIpc) is 3.39. The molecule has 0 atom stereocenters.